The third kappa shape index (κ3) is 4.66. The van der Waals surface area contributed by atoms with E-state index in [-0.39, 0.29) is 0 Å². The Bertz CT molecular complexity index is 430. The number of rotatable bonds is 6. The summed E-state index contributed by atoms with van der Waals surface area (Å²) < 4.78 is 12.2. The van der Waals surface area contributed by atoms with Crippen molar-refractivity contribution in [2.45, 2.75) is 64.5 Å². The number of hydrogen-bond donors (Lipinski definition) is 0. The third-order valence-corrected chi connectivity index (χ3v) is 9.51. The summed E-state index contributed by atoms with van der Waals surface area (Å²) >= 11 is 0. The lowest BCUT2D eigenvalue weighted by Gasteiger charge is -2.41. The highest BCUT2D eigenvalue weighted by molar-refractivity contribution is 6.74. The molecule has 1 aliphatic carbocycles. The van der Waals surface area contributed by atoms with Gasteiger partial charge in [-0.15, -0.1) is 0 Å². The lowest BCUT2D eigenvalue weighted by Crippen LogP contribution is -2.44. The van der Waals surface area contributed by atoms with Crippen LogP contribution in [0.5, 0.6) is 0 Å². The molecular weight excluding hydrogens is 276 g/mol. The maximum Gasteiger partial charge on any atom is 0.191 e. The minimum absolute atomic E-state index is 0.306. The highest BCUT2D eigenvalue weighted by atomic mass is 28.4. The molecule has 0 N–H and O–H groups in total. The molecule has 0 atom stereocenters. The average Bonchev–Trinajstić information content (AvgIpc) is 2.36. The van der Waals surface area contributed by atoms with Crippen molar-refractivity contribution in [2.24, 2.45) is 5.92 Å². The molecule has 0 unspecified atom stereocenters. The maximum absolute atomic E-state index is 6.29. The van der Waals surface area contributed by atoms with Gasteiger partial charge in [0.1, 0.15) is 0 Å². The zero-order valence-corrected chi connectivity index (χ0v) is 15.2. The van der Waals surface area contributed by atoms with E-state index in [0.29, 0.717) is 17.1 Å². The van der Waals surface area contributed by atoms with Crippen LogP contribution in [-0.2, 0) is 15.8 Å². The van der Waals surface area contributed by atoms with Crippen molar-refractivity contribution in [3.05, 3.63) is 35.9 Å². The molecule has 0 radical (unpaired) electrons. The second-order valence-electron chi connectivity index (χ2n) is 7.83. The molecule has 1 saturated carbocycles. The average molecular weight is 307 g/mol. The molecule has 1 aliphatic rings. The second-order valence-corrected chi connectivity index (χ2v) is 12.6. The normalized spacial score (nSPS) is 22.9. The van der Waals surface area contributed by atoms with Crippen LogP contribution in [0.15, 0.2) is 30.3 Å². The summed E-state index contributed by atoms with van der Waals surface area (Å²) in [5.74, 6) is 0.694. The fourth-order valence-electron chi connectivity index (χ4n) is 2.28. The highest BCUT2D eigenvalue weighted by Crippen LogP contribution is 2.38. The number of hydrogen-bond acceptors (Lipinski definition) is 2. The molecule has 0 aromatic heterocycles. The molecular formula is C18H30O2Si. The Morgan fingerprint density at radius 1 is 1.10 bits per heavy atom. The molecule has 0 saturated heterocycles. The van der Waals surface area contributed by atoms with E-state index in [4.69, 9.17) is 9.16 Å². The van der Waals surface area contributed by atoms with Gasteiger partial charge in [-0.05, 0) is 42.5 Å². The molecule has 0 aliphatic heterocycles. The van der Waals surface area contributed by atoms with Gasteiger partial charge in [0.15, 0.2) is 8.32 Å². The minimum Gasteiger partial charge on any atom is -0.417 e. The van der Waals surface area contributed by atoms with Gasteiger partial charge in [-0.1, -0.05) is 51.1 Å². The largest absolute Gasteiger partial charge is 0.417 e. The van der Waals surface area contributed by atoms with Crippen molar-refractivity contribution < 1.29 is 9.16 Å². The first-order chi connectivity index (χ1) is 9.78. The standard InChI is InChI=1S/C18H30O2Si/c1-18(2,3)21(4,5)20-14-16-11-17(12-16)19-13-15-9-7-6-8-10-15/h6-10,16-17H,11-14H2,1-5H3. The van der Waals surface area contributed by atoms with Crippen LogP contribution in [-0.4, -0.2) is 21.0 Å². The first kappa shape index (κ1) is 16.7. The van der Waals surface area contributed by atoms with E-state index in [1.807, 2.05) is 6.07 Å². The second kappa shape index (κ2) is 6.63. The fraction of sp³-hybridized carbons (Fsp3) is 0.667. The summed E-state index contributed by atoms with van der Waals surface area (Å²) in [7, 11) is -1.58. The lowest BCUT2D eigenvalue weighted by molar-refractivity contribution is -0.0517. The summed E-state index contributed by atoms with van der Waals surface area (Å²) in [6.45, 7) is 13.2. The Morgan fingerprint density at radius 2 is 1.71 bits per heavy atom. The minimum atomic E-state index is -1.58. The molecule has 1 aromatic carbocycles. The van der Waals surface area contributed by atoms with Crippen LogP contribution in [0.4, 0.5) is 0 Å². The highest BCUT2D eigenvalue weighted by Gasteiger charge is 2.39. The van der Waals surface area contributed by atoms with Crippen LogP contribution in [0.25, 0.3) is 0 Å². The van der Waals surface area contributed by atoms with E-state index in [2.05, 4.69) is 58.1 Å². The SMILES string of the molecule is CC(C)(C)[Si](C)(C)OCC1CC(OCc2ccccc2)C1. The van der Waals surface area contributed by atoms with Gasteiger partial charge >= 0.3 is 0 Å². The Kier molecular flexibility index (Phi) is 5.28. The van der Waals surface area contributed by atoms with Gasteiger partial charge < -0.3 is 9.16 Å². The van der Waals surface area contributed by atoms with Gasteiger partial charge in [0.25, 0.3) is 0 Å². The Balaban J connectivity index is 1.64. The monoisotopic (exact) mass is 306 g/mol. The third-order valence-electron chi connectivity index (χ3n) is 5.01. The molecule has 1 fully saturated rings. The molecule has 1 aromatic rings. The van der Waals surface area contributed by atoms with Crippen molar-refractivity contribution >= 4 is 8.32 Å². The van der Waals surface area contributed by atoms with E-state index in [9.17, 15) is 0 Å². The number of ether oxygens (including phenoxy) is 1. The summed E-state index contributed by atoms with van der Waals surface area (Å²) in [6, 6.07) is 10.4. The summed E-state index contributed by atoms with van der Waals surface area (Å²) in [6.07, 6.45) is 2.74. The van der Waals surface area contributed by atoms with Gasteiger partial charge in [-0.2, -0.15) is 0 Å². The molecule has 0 bridgehead atoms. The van der Waals surface area contributed by atoms with Crippen LogP contribution < -0.4 is 0 Å². The zero-order valence-electron chi connectivity index (χ0n) is 14.2. The Labute approximate surface area is 131 Å². The van der Waals surface area contributed by atoms with Gasteiger partial charge in [0, 0.05) is 6.61 Å². The summed E-state index contributed by atoms with van der Waals surface area (Å²) in [4.78, 5) is 0. The molecule has 2 nitrogen and oxygen atoms in total. The molecule has 3 heteroatoms. The van der Waals surface area contributed by atoms with Gasteiger partial charge in [0.2, 0.25) is 0 Å². The first-order valence-electron chi connectivity index (χ1n) is 8.07. The molecule has 0 amide bonds. The predicted octanol–water partition coefficient (Wildman–Crippen LogP) is 5.00. The molecule has 2 rings (SSSR count). The van der Waals surface area contributed by atoms with Gasteiger partial charge in [-0.25, -0.2) is 0 Å². The van der Waals surface area contributed by atoms with Crippen LogP contribution in [0.2, 0.25) is 18.1 Å². The first-order valence-corrected chi connectivity index (χ1v) is 11.0. The van der Waals surface area contributed by atoms with Crippen molar-refractivity contribution in [3.63, 3.8) is 0 Å². The van der Waals surface area contributed by atoms with Crippen molar-refractivity contribution in [3.8, 4) is 0 Å². The Morgan fingerprint density at radius 3 is 2.29 bits per heavy atom. The van der Waals surface area contributed by atoms with Crippen molar-refractivity contribution in [1.29, 1.82) is 0 Å². The van der Waals surface area contributed by atoms with E-state index in [0.717, 1.165) is 26.1 Å². The van der Waals surface area contributed by atoms with E-state index in [1.54, 1.807) is 0 Å². The fourth-order valence-corrected chi connectivity index (χ4v) is 3.36. The topological polar surface area (TPSA) is 18.5 Å². The summed E-state index contributed by atoms with van der Waals surface area (Å²) in [5.41, 5.74) is 1.26. The van der Waals surface area contributed by atoms with E-state index in [1.165, 1.54) is 5.56 Å². The quantitative estimate of drug-likeness (QED) is 0.688. The molecule has 0 heterocycles. The predicted molar refractivity (Wildman–Crippen MR) is 90.9 cm³/mol. The molecule has 118 valence electrons. The summed E-state index contributed by atoms with van der Waals surface area (Å²) in [5, 5.41) is 0.306. The Hall–Kier alpha value is -0.643. The smallest absolute Gasteiger partial charge is 0.191 e. The van der Waals surface area contributed by atoms with Crippen molar-refractivity contribution in [2.75, 3.05) is 6.61 Å². The molecule has 21 heavy (non-hydrogen) atoms. The van der Waals surface area contributed by atoms with Crippen LogP contribution in [0, 0.1) is 5.92 Å². The van der Waals surface area contributed by atoms with Gasteiger partial charge in [0.05, 0.1) is 12.7 Å². The van der Waals surface area contributed by atoms with Crippen LogP contribution >= 0.6 is 0 Å². The zero-order chi connectivity index (χ0) is 15.5. The lowest BCUT2D eigenvalue weighted by atomic mass is 9.83. The van der Waals surface area contributed by atoms with E-state index >= 15 is 0 Å². The number of benzene rings is 1. The van der Waals surface area contributed by atoms with E-state index < -0.39 is 8.32 Å². The van der Waals surface area contributed by atoms with Crippen molar-refractivity contribution in [1.82, 2.24) is 0 Å². The van der Waals surface area contributed by atoms with Crippen LogP contribution in [0.3, 0.4) is 0 Å². The van der Waals surface area contributed by atoms with Crippen LogP contribution in [0.1, 0.15) is 39.2 Å². The van der Waals surface area contributed by atoms with Gasteiger partial charge in [-0.3, -0.25) is 0 Å². The molecule has 0 spiro atoms. The maximum atomic E-state index is 6.29.